The molecule has 1 aromatic rings. The number of ketones is 1. The lowest BCUT2D eigenvalue weighted by molar-refractivity contribution is -0.134. The number of hydrogen-bond donors (Lipinski definition) is 0. The zero-order valence-corrected chi connectivity index (χ0v) is 14.5. The van der Waals surface area contributed by atoms with Crippen molar-refractivity contribution in [1.82, 2.24) is 0 Å². The quantitative estimate of drug-likeness (QED) is 0.710. The van der Waals surface area contributed by atoms with Crippen molar-refractivity contribution in [3.05, 3.63) is 28.7 Å². The molecule has 1 aliphatic carbocycles. The highest BCUT2D eigenvalue weighted by molar-refractivity contribution is 9.10. The van der Waals surface area contributed by atoms with Crippen molar-refractivity contribution >= 4 is 33.5 Å². The largest absolute Gasteiger partial charge is 0.375 e. The first kappa shape index (κ1) is 15.6. The van der Waals surface area contributed by atoms with Gasteiger partial charge in [-0.25, -0.2) is 0 Å². The minimum Gasteiger partial charge on any atom is -0.375 e. The summed E-state index contributed by atoms with van der Waals surface area (Å²) in [6.45, 7) is 0.760. The van der Waals surface area contributed by atoms with Crippen LogP contribution < -0.4 is 0 Å². The van der Waals surface area contributed by atoms with E-state index in [1.807, 2.05) is 18.2 Å². The molecule has 1 aromatic carbocycles. The number of benzene rings is 1. The Kier molecular flexibility index (Phi) is 5.07. The van der Waals surface area contributed by atoms with Gasteiger partial charge in [0.05, 0.1) is 11.4 Å². The Morgan fingerprint density at radius 1 is 1.33 bits per heavy atom. The van der Waals surface area contributed by atoms with Crippen LogP contribution in [0.3, 0.4) is 0 Å². The maximum absolute atomic E-state index is 12.5. The van der Waals surface area contributed by atoms with Crippen LogP contribution in [-0.2, 0) is 9.53 Å². The number of carbonyl (C=O) groups is 1. The Morgan fingerprint density at radius 3 is 2.86 bits per heavy atom. The number of Topliss-reactive ketones (excluding diaryl/α,β-unsaturated/α-hetero) is 1. The number of halogens is 1. The number of rotatable bonds is 4. The second-order valence-electron chi connectivity index (χ2n) is 6.11. The van der Waals surface area contributed by atoms with Crippen LogP contribution in [0, 0.1) is 5.92 Å². The van der Waals surface area contributed by atoms with Crippen LogP contribution in [0.2, 0.25) is 0 Å². The Labute approximate surface area is 139 Å². The Morgan fingerprint density at radius 2 is 2.10 bits per heavy atom. The topological polar surface area (TPSA) is 26.3 Å². The molecular formula is C17H21BrO2S. The summed E-state index contributed by atoms with van der Waals surface area (Å²) >= 11 is 5.18. The van der Waals surface area contributed by atoms with Gasteiger partial charge in [-0.3, -0.25) is 4.79 Å². The predicted molar refractivity (Wildman–Crippen MR) is 89.7 cm³/mol. The molecule has 0 N–H and O–H groups in total. The summed E-state index contributed by atoms with van der Waals surface area (Å²) in [4.78, 5) is 13.7. The van der Waals surface area contributed by atoms with Gasteiger partial charge in [0.25, 0.3) is 0 Å². The molecule has 0 bridgehead atoms. The molecule has 0 amide bonds. The summed E-state index contributed by atoms with van der Waals surface area (Å²) in [5.41, 5.74) is 0.0383. The maximum atomic E-state index is 12.5. The lowest BCUT2D eigenvalue weighted by atomic mass is 9.83. The van der Waals surface area contributed by atoms with Crippen molar-refractivity contribution in [3.8, 4) is 0 Å². The summed E-state index contributed by atoms with van der Waals surface area (Å²) in [5.74, 6) is 1.17. The van der Waals surface area contributed by atoms with Crippen molar-refractivity contribution in [3.63, 3.8) is 0 Å². The third-order valence-corrected chi connectivity index (χ3v) is 6.72. The summed E-state index contributed by atoms with van der Waals surface area (Å²) in [5, 5.41) is 0. The fourth-order valence-corrected chi connectivity index (χ4v) is 5.04. The van der Waals surface area contributed by atoms with Crippen LogP contribution in [-0.4, -0.2) is 23.7 Å². The second kappa shape index (κ2) is 6.84. The van der Waals surface area contributed by atoms with Gasteiger partial charge in [0.1, 0.15) is 5.78 Å². The van der Waals surface area contributed by atoms with Crippen molar-refractivity contribution in [2.24, 2.45) is 5.92 Å². The van der Waals surface area contributed by atoms with Gasteiger partial charge in [-0.15, -0.1) is 11.8 Å². The van der Waals surface area contributed by atoms with Crippen LogP contribution in [0.5, 0.6) is 0 Å². The monoisotopic (exact) mass is 368 g/mol. The van der Waals surface area contributed by atoms with Crippen LogP contribution in [0.15, 0.2) is 33.6 Å². The first-order chi connectivity index (χ1) is 10.2. The molecule has 1 spiro atoms. The molecule has 1 saturated heterocycles. The van der Waals surface area contributed by atoms with Gasteiger partial charge in [0.15, 0.2) is 0 Å². The second-order valence-corrected chi connectivity index (χ2v) is 7.99. The minimum atomic E-state index is 0.0383. The van der Waals surface area contributed by atoms with Crippen molar-refractivity contribution in [2.45, 2.75) is 49.0 Å². The fourth-order valence-electron chi connectivity index (χ4n) is 3.50. The molecule has 1 aliphatic heterocycles. The third-order valence-electron chi connectivity index (χ3n) is 4.67. The van der Waals surface area contributed by atoms with E-state index in [9.17, 15) is 4.79 Å². The Bertz CT molecular complexity index is 511. The first-order valence-electron chi connectivity index (χ1n) is 7.73. The molecule has 1 heterocycles. The molecule has 0 radical (unpaired) electrons. The van der Waals surface area contributed by atoms with E-state index in [4.69, 9.17) is 4.74 Å². The molecule has 1 atom stereocenters. The van der Waals surface area contributed by atoms with E-state index >= 15 is 0 Å². The van der Waals surface area contributed by atoms with Gasteiger partial charge in [-0.1, -0.05) is 25.0 Å². The summed E-state index contributed by atoms with van der Waals surface area (Å²) in [6, 6.07) is 8.09. The molecule has 0 aromatic heterocycles. The lowest BCUT2D eigenvalue weighted by Crippen LogP contribution is -2.40. The van der Waals surface area contributed by atoms with E-state index in [1.165, 1.54) is 12.8 Å². The minimum absolute atomic E-state index is 0.0383. The molecular weight excluding hydrogens is 348 g/mol. The van der Waals surface area contributed by atoms with Crippen molar-refractivity contribution in [2.75, 3.05) is 12.4 Å². The Hall–Kier alpha value is -0.320. The highest BCUT2D eigenvalue weighted by Gasteiger charge is 2.41. The fraction of sp³-hybridized carbons (Fsp3) is 0.588. The highest BCUT2D eigenvalue weighted by atomic mass is 79.9. The molecule has 2 nitrogen and oxygen atoms in total. The van der Waals surface area contributed by atoms with E-state index in [0.717, 1.165) is 41.7 Å². The molecule has 114 valence electrons. The molecule has 2 fully saturated rings. The zero-order valence-electron chi connectivity index (χ0n) is 12.1. The summed E-state index contributed by atoms with van der Waals surface area (Å²) in [7, 11) is 0. The zero-order chi connectivity index (χ0) is 14.7. The maximum Gasteiger partial charge on any atom is 0.146 e. The summed E-state index contributed by atoms with van der Waals surface area (Å²) in [6.07, 6.45) is 6.65. The van der Waals surface area contributed by atoms with Gasteiger partial charge in [-0.05, 0) is 53.7 Å². The normalized spacial score (nSPS) is 24.3. The Balaban J connectivity index is 1.57. The molecule has 21 heavy (non-hydrogen) atoms. The number of thioether (sulfide) groups is 1. The smallest absolute Gasteiger partial charge is 0.146 e. The number of hydrogen-bond acceptors (Lipinski definition) is 3. The van der Waals surface area contributed by atoms with Gasteiger partial charge in [0, 0.05) is 21.9 Å². The van der Waals surface area contributed by atoms with Crippen molar-refractivity contribution in [1.29, 1.82) is 0 Å². The average Bonchev–Trinajstić information content (AvgIpc) is 2.94. The average molecular weight is 369 g/mol. The molecule has 4 heteroatoms. The van der Waals surface area contributed by atoms with Crippen LogP contribution in [0.4, 0.5) is 0 Å². The molecule has 3 rings (SSSR count). The van der Waals surface area contributed by atoms with Crippen LogP contribution in [0.1, 0.15) is 38.5 Å². The van der Waals surface area contributed by atoms with E-state index in [1.54, 1.807) is 11.8 Å². The van der Waals surface area contributed by atoms with E-state index in [-0.39, 0.29) is 11.5 Å². The molecule has 1 unspecified atom stereocenters. The van der Waals surface area contributed by atoms with Crippen molar-refractivity contribution < 1.29 is 9.53 Å². The third kappa shape index (κ3) is 3.72. The lowest BCUT2D eigenvalue weighted by Gasteiger charge is -2.37. The number of ether oxygens (including phenoxy) is 1. The molecule has 2 aliphatic rings. The van der Waals surface area contributed by atoms with Gasteiger partial charge >= 0.3 is 0 Å². The van der Waals surface area contributed by atoms with E-state index in [0.29, 0.717) is 11.5 Å². The first-order valence-corrected chi connectivity index (χ1v) is 9.50. The van der Waals surface area contributed by atoms with E-state index < -0.39 is 0 Å². The predicted octanol–water partition coefficient (Wildman–Crippen LogP) is 4.85. The standard InChI is InChI=1S/C17H21BrO2S/c18-14-5-1-2-6-16(14)21-12-15(19)13-7-10-20-17(11-13)8-3-4-9-17/h1-2,5-6,13H,3-4,7-12H2. The van der Waals surface area contributed by atoms with Crippen LogP contribution in [0.25, 0.3) is 0 Å². The van der Waals surface area contributed by atoms with Gasteiger partial charge in [-0.2, -0.15) is 0 Å². The van der Waals surface area contributed by atoms with Gasteiger partial charge < -0.3 is 4.74 Å². The SMILES string of the molecule is O=C(CSc1ccccc1Br)C1CCOC2(CCCC2)C1. The van der Waals surface area contributed by atoms with Crippen LogP contribution >= 0.6 is 27.7 Å². The molecule has 1 saturated carbocycles. The number of carbonyl (C=O) groups excluding carboxylic acids is 1. The van der Waals surface area contributed by atoms with E-state index in [2.05, 4.69) is 22.0 Å². The van der Waals surface area contributed by atoms with Gasteiger partial charge in [0.2, 0.25) is 0 Å². The highest BCUT2D eigenvalue weighted by Crippen LogP contribution is 2.42. The summed E-state index contributed by atoms with van der Waals surface area (Å²) < 4.78 is 7.09.